The number of nitrogens with zero attached hydrogens (tertiary/aromatic N) is 1. The molecule has 2 aromatic carbocycles. The predicted molar refractivity (Wildman–Crippen MR) is 99.6 cm³/mol. The lowest BCUT2D eigenvalue weighted by Gasteiger charge is -2.23. The molecule has 1 heterocycles. The number of benzene rings is 2. The molecule has 0 saturated heterocycles. The molecule has 0 fully saturated rings. The Bertz CT molecular complexity index is 814. The SMILES string of the molecule is Br.CN1CCc2c(cc(O)c(O)c2Cl)C(c2cccc(C(F)(F)F)c2)C1. The molecule has 0 spiro atoms. The zero-order valence-corrected chi connectivity index (χ0v) is 16.3. The number of rotatable bonds is 1. The van der Waals surface area contributed by atoms with Gasteiger partial charge in [0.2, 0.25) is 0 Å². The first kappa shape index (κ1) is 20.9. The molecule has 0 aromatic heterocycles. The van der Waals surface area contributed by atoms with Crippen molar-refractivity contribution in [3.63, 3.8) is 0 Å². The van der Waals surface area contributed by atoms with Crippen LogP contribution in [-0.4, -0.2) is 35.3 Å². The summed E-state index contributed by atoms with van der Waals surface area (Å²) in [6, 6.07) is 6.59. The Morgan fingerprint density at radius 1 is 1.19 bits per heavy atom. The van der Waals surface area contributed by atoms with Gasteiger partial charge in [0, 0.05) is 19.0 Å². The van der Waals surface area contributed by atoms with Crippen molar-refractivity contribution in [2.45, 2.75) is 18.5 Å². The molecule has 3 rings (SSSR count). The van der Waals surface area contributed by atoms with Crippen LogP contribution in [0.25, 0.3) is 0 Å². The molecule has 2 aromatic rings. The van der Waals surface area contributed by atoms with Crippen LogP contribution in [-0.2, 0) is 12.6 Å². The second-order valence-corrected chi connectivity index (χ2v) is 6.69. The van der Waals surface area contributed by atoms with Gasteiger partial charge in [-0.3, -0.25) is 0 Å². The van der Waals surface area contributed by atoms with Gasteiger partial charge in [-0.1, -0.05) is 29.8 Å². The molecule has 8 heteroatoms. The number of hydrogen-bond donors (Lipinski definition) is 2. The summed E-state index contributed by atoms with van der Waals surface area (Å²) in [6.45, 7) is 1.13. The third-order valence-corrected chi connectivity index (χ3v) is 4.99. The minimum absolute atomic E-state index is 0. The van der Waals surface area contributed by atoms with Crippen LogP contribution in [0.4, 0.5) is 13.2 Å². The van der Waals surface area contributed by atoms with E-state index in [9.17, 15) is 23.4 Å². The molecule has 0 radical (unpaired) electrons. The summed E-state index contributed by atoms with van der Waals surface area (Å²) in [7, 11) is 1.88. The third kappa shape index (κ3) is 3.94. The second kappa shape index (κ2) is 7.66. The molecule has 1 aliphatic rings. The molecule has 1 unspecified atom stereocenters. The van der Waals surface area contributed by atoms with E-state index in [-0.39, 0.29) is 27.8 Å². The van der Waals surface area contributed by atoms with Crippen LogP contribution in [0.1, 0.15) is 28.2 Å². The van der Waals surface area contributed by atoms with E-state index in [1.807, 2.05) is 11.9 Å². The molecule has 1 aliphatic heterocycles. The summed E-state index contributed by atoms with van der Waals surface area (Å²) in [5.41, 5.74) is 1.08. The van der Waals surface area contributed by atoms with Crippen molar-refractivity contribution in [3.8, 4) is 11.5 Å². The number of alkyl halides is 3. The smallest absolute Gasteiger partial charge is 0.416 e. The van der Waals surface area contributed by atoms with Gasteiger partial charge in [-0.2, -0.15) is 13.2 Å². The normalized spacial score (nSPS) is 18.0. The Hall–Kier alpha value is -1.44. The fourth-order valence-electron chi connectivity index (χ4n) is 3.27. The van der Waals surface area contributed by atoms with Crippen molar-refractivity contribution >= 4 is 28.6 Å². The Labute approximate surface area is 164 Å². The van der Waals surface area contributed by atoms with Gasteiger partial charge in [0.25, 0.3) is 0 Å². The van der Waals surface area contributed by atoms with Crippen molar-refractivity contribution in [1.29, 1.82) is 0 Å². The standard InChI is InChI=1S/C18H17ClF3NO2.BrH/c1-23-6-5-12-13(8-15(24)17(25)16(12)19)14(9-23)10-3-2-4-11(7-10)18(20,21)22;/h2-4,7-8,14,24-25H,5-6,9H2,1H3;1H. The molecule has 3 nitrogen and oxygen atoms in total. The van der Waals surface area contributed by atoms with Gasteiger partial charge in [0.1, 0.15) is 0 Å². The van der Waals surface area contributed by atoms with Gasteiger partial charge < -0.3 is 15.1 Å². The summed E-state index contributed by atoms with van der Waals surface area (Å²) < 4.78 is 39.2. The van der Waals surface area contributed by atoms with Crippen LogP contribution in [0.15, 0.2) is 30.3 Å². The minimum Gasteiger partial charge on any atom is -0.504 e. The molecule has 26 heavy (non-hydrogen) atoms. The lowest BCUT2D eigenvalue weighted by molar-refractivity contribution is -0.137. The van der Waals surface area contributed by atoms with Gasteiger partial charge in [-0.15, -0.1) is 17.0 Å². The molecule has 0 aliphatic carbocycles. The molecule has 0 amide bonds. The van der Waals surface area contributed by atoms with Crippen molar-refractivity contribution in [2.24, 2.45) is 0 Å². The summed E-state index contributed by atoms with van der Waals surface area (Å²) in [5.74, 6) is -1.16. The maximum Gasteiger partial charge on any atom is 0.416 e. The summed E-state index contributed by atoms with van der Waals surface area (Å²) in [6.07, 6.45) is -3.89. The number of halogens is 5. The number of aromatic hydroxyl groups is 2. The third-order valence-electron chi connectivity index (χ3n) is 4.59. The zero-order valence-electron chi connectivity index (χ0n) is 13.8. The van der Waals surface area contributed by atoms with Crippen molar-refractivity contribution in [3.05, 3.63) is 57.6 Å². The maximum absolute atomic E-state index is 13.1. The number of fused-ring (bicyclic) bond motifs is 1. The average Bonchev–Trinajstić information content (AvgIpc) is 2.71. The first-order chi connectivity index (χ1) is 11.7. The highest BCUT2D eigenvalue weighted by atomic mass is 79.9. The average molecular weight is 453 g/mol. The fourth-order valence-corrected chi connectivity index (χ4v) is 3.57. The highest BCUT2D eigenvalue weighted by Gasteiger charge is 2.32. The van der Waals surface area contributed by atoms with E-state index in [0.29, 0.717) is 36.2 Å². The quantitative estimate of drug-likeness (QED) is 0.601. The van der Waals surface area contributed by atoms with Gasteiger partial charge in [-0.05, 0) is 42.3 Å². The Balaban J connectivity index is 0.00000243. The number of phenolic OH excluding ortho intramolecular Hbond substituents is 2. The van der Waals surface area contributed by atoms with Gasteiger partial charge >= 0.3 is 6.18 Å². The van der Waals surface area contributed by atoms with Crippen LogP contribution < -0.4 is 0 Å². The molecule has 1 atom stereocenters. The Kier molecular flexibility index (Phi) is 6.15. The Morgan fingerprint density at radius 3 is 2.54 bits per heavy atom. The van der Waals surface area contributed by atoms with Crippen LogP contribution in [0.2, 0.25) is 5.02 Å². The number of likely N-dealkylation sites (N-methyl/N-ethyl adjacent to an activating group) is 1. The molecule has 0 bridgehead atoms. The van der Waals surface area contributed by atoms with Crippen molar-refractivity contribution in [2.75, 3.05) is 20.1 Å². The summed E-state index contributed by atoms with van der Waals surface area (Å²) >= 11 is 6.18. The van der Waals surface area contributed by atoms with E-state index in [1.54, 1.807) is 6.07 Å². The maximum atomic E-state index is 13.1. The molecule has 142 valence electrons. The van der Waals surface area contributed by atoms with E-state index in [1.165, 1.54) is 12.1 Å². The first-order valence-electron chi connectivity index (χ1n) is 7.77. The van der Waals surface area contributed by atoms with E-state index in [2.05, 4.69) is 0 Å². The van der Waals surface area contributed by atoms with Crippen LogP contribution in [0.3, 0.4) is 0 Å². The second-order valence-electron chi connectivity index (χ2n) is 6.31. The topological polar surface area (TPSA) is 43.7 Å². The van der Waals surface area contributed by atoms with Gasteiger partial charge in [0.05, 0.1) is 10.6 Å². The predicted octanol–water partition coefficient (Wildman–Crippen LogP) is 4.97. The van der Waals surface area contributed by atoms with E-state index >= 15 is 0 Å². The van der Waals surface area contributed by atoms with Crippen LogP contribution in [0.5, 0.6) is 11.5 Å². The number of phenols is 2. The minimum atomic E-state index is -4.43. The monoisotopic (exact) mass is 451 g/mol. The number of hydrogen-bond acceptors (Lipinski definition) is 3. The van der Waals surface area contributed by atoms with Crippen molar-refractivity contribution < 1.29 is 23.4 Å². The lowest BCUT2D eigenvalue weighted by Crippen LogP contribution is -2.24. The lowest BCUT2D eigenvalue weighted by atomic mass is 9.87. The summed E-state index contributed by atoms with van der Waals surface area (Å²) in [4.78, 5) is 2.00. The van der Waals surface area contributed by atoms with Gasteiger partial charge in [-0.25, -0.2) is 0 Å². The van der Waals surface area contributed by atoms with Crippen LogP contribution >= 0.6 is 28.6 Å². The molecule has 2 N–H and O–H groups in total. The zero-order chi connectivity index (χ0) is 18.4. The largest absolute Gasteiger partial charge is 0.504 e. The Morgan fingerprint density at radius 2 is 1.88 bits per heavy atom. The fraction of sp³-hybridized carbons (Fsp3) is 0.333. The van der Waals surface area contributed by atoms with Gasteiger partial charge in [0.15, 0.2) is 11.5 Å². The highest BCUT2D eigenvalue weighted by molar-refractivity contribution is 8.93. The highest BCUT2D eigenvalue weighted by Crippen LogP contribution is 2.44. The first-order valence-corrected chi connectivity index (χ1v) is 8.15. The van der Waals surface area contributed by atoms with E-state index < -0.39 is 23.4 Å². The molecule has 0 saturated carbocycles. The van der Waals surface area contributed by atoms with E-state index in [0.717, 1.165) is 12.1 Å². The van der Waals surface area contributed by atoms with E-state index in [4.69, 9.17) is 11.6 Å². The molecular weight excluding hydrogens is 435 g/mol. The van der Waals surface area contributed by atoms with Crippen LogP contribution in [0, 0.1) is 0 Å². The summed E-state index contributed by atoms with van der Waals surface area (Å²) in [5, 5.41) is 19.9. The van der Waals surface area contributed by atoms with Crippen molar-refractivity contribution in [1.82, 2.24) is 4.90 Å². The molecular formula is C18H18BrClF3NO2.